The van der Waals surface area contributed by atoms with E-state index in [1.807, 2.05) is 19.9 Å². The number of halogens is 1. The molecule has 1 heterocycles. The zero-order chi connectivity index (χ0) is 23.1. The molecule has 2 N–H and O–H groups in total. The first-order valence-corrected chi connectivity index (χ1v) is 10.6. The van der Waals surface area contributed by atoms with Crippen LogP contribution in [0.2, 0.25) is 0 Å². The van der Waals surface area contributed by atoms with Crippen LogP contribution in [-0.4, -0.2) is 37.5 Å². The van der Waals surface area contributed by atoms with Gasteiger partial charge in [-0.05, 0) is 42.3 Å². The maximum Gasteiger partial charge on any atom is 0.262 e. The zero-order valence-corrected chi connectivity index (χ0v) is 19.1. The fraction of sp³-hybridized carbons (Fsp3) is 0.261. The first-order chi connectivity index (χ1) is 15.4. The van der Waals surface area contributed by atoms with Crippen molar-refractivity contribution in [3.8, 4) is 29.6 Å². The third-order valence-corrected chi connectivity index (χ3v) is 5.02. The number of carbonyl (C=O) groups is 2. The number of fused-ring (bicyclic) bond motifs is 1. The molecule has 0 fully saturated rings. The van der Waals surface area contributed by atoms with Gasteiger partial charge in [0.25, 0.3) is 11.8 Å². The van der Waals surface area contributed by atoms with E-state index in [0.717, 1.165) is 4.47 Å². The van der Waals surface area contributed by atoms with Crippen molar-refractivity contribution in [3.05, 3.63) is 52.0 Å². The summed E-state index contributed by atoms with van der Waals surface area (Å²) in [6.07, 6.45) is 6.69. The van der Waals surface area contributed by atoms with Crippen molar-refractivity contribution >= 4 is 34.0 Å². The van der Waals surface area contributed by atoms with Crippen molar-refractivity contribution < 1.29 is 23.8 Å². The molecule has 0 saturated carbocycles. The normalized spacial score (nSPS) is 13.0. The number of carbonyl (C=O) groups excluding carboxylic acids is 2. The highest BCUT2D eigenvalue weighted by atomic mass is 79.9. The van der Waals surface area contributed by atoms with Crippen LogP contribution in [0.4, 0.5) is 0 Å². The second-order valence-corrected chi connectivity index (χ2v) is 8.09. The summed E-state index contributed by atoms with van der Waals surface area (Å²) in [5.74, 6) is 2.96. The number of rotatable bonds is 8. The summed E-state index contributed by atoms with van der Waals surface area (Å²) >= 11 is 3.39. The predicted octanol–water partition coefficient (Wildman–Crippen LogP) is 3.09. The van der Waals surface area contributed by atoms with Crippen LogP contribution in [-0.2, 0) is 4.79 Å². The van der Waals surface area contributed by atoms with Crippen molar-refractivity contribution in [1.82, 2.24) is 10.7 Å². The minimum absolute atomic E-state index is 0.107. The third kappa shape index (κ3) is 5.80. The highest BCUT2D eigenvalue weighted by Gasteiger charge is 2.25. The number of nitrogens with zero attached hydrogens (tertiary/aromatic N) is 1. The molecule has 1 atom stereocenters. The van der Waals surface area contributed by atoms with E-state index >= 15 is 0 Å². The fourth-order valence-electron chi connectivity index (χ4n) is 2.90. The first-order valence-electron chi connectivity index (χ1n) is 9.78. The Bertz CT molecular complexity index is 1080. The van der Waals surface area contributed by atoms with E-state index in [1.165, 1.54) is 6.21 Å². The summed E-state index contributed by atoms with van der Waals surface area (Å²) in [7, 11) is 0. The van der Waals surface area contributed by atoms with Gasteiger partial charge in [0.1, 0.15) is 18.4 Å². The molecule has 32 heavy (non-hydrogen) atoms. The van der Waals surface area contributed by atoms with Gasteiger partial charge in [0.2, 0.25) is 6.79 Å². The number of hydrogen-bond acceptors (Lipinski definition) is 6. The first kappa shape index (κ1) is 23.2. The van der Waals surface area contributed by atoms with Gasteiger partial charge in [-0.3, -0.25) is 9.59 Å². The molecule has 0 spiro atoms. The molecular weight excluding hydrogens is 478 g/mol. The number of ether oxygens (including phenoxy) is 3. The second-order valence-electron chi connectivity index (χ2n) is 7.17. The number of hydrogen-bond donors (Lipinski definition) is 2. The van der Waals surface area contributed by atoms with Crippen LogP contribution in [0.3, 0.4) is 0 Å². The highest BCUT2D eigenvalue weighted by molar-refractivity contribution is 9.10. The number of hydrazone groups is 1. The molecule has 1 unspecified atom stereocenters. The molecule has 0 aliphatic carbocycles. The van der Waals surface area contributed by atoms with Gasteiger partial charge in [-0.15, -0.1) is 6.42 Å². The fourth-order valence-corrected chi connectivity index (χ4v) is 3.28. The van der Waals surface area contributed by atoms with Crippen molar-refractivity contribution in [2.45, 2.75) is 19.9 Å². The van der Waals surface area contributed by atoms with Gasteiger partial charge in [-0.1, -0.05) is 35.7 Å². The molecule has 2 aromatic carbocycles. The molecule has 166 valence electrons. The summed E-state index contributed by atoms with van der Waals surface area (Å²) in [5, 5.41) is 6.76. The van der Waals surface area contributed by atoms with E-state index in [1.54, 1.807) is 30.3 Å². The van der Waals surface area contributed by atoms with E-state index in [-0.39, 0.29) is 19.3 Å². The molecule has 0 saturated heterocycles. The minimum Gasteiger partial charge on any atom is -0.480 e. The number of amides is 2. The lowest BCUT2D eigenvalue weighted by atomic mass is 10.0. The van der Waals surface area contributed by atoms with E-state index in [4.69, 9.17) is 20.6 Å². The molecule has 9 heteroatoms. The van der Waals surface area contributed by atoms with Crippen LogP contribution in [0.1, 0.15) is 29.8 Å². The van der Waals surface area contributed by atoms with E-state index in [0.29, 0.717) is 28.4 Å². The van der Waals surface area contributed by atoms with E-state index in [9.17, 15) is 9.59 Å². The Morgan fingerprint density at radius 3 is 2.78 bits per heavy atom. The van der Waals surface area contributed by atoms with Gasteiger partial charge in [0, 0.05) is 15.6 Å². The topological polar surface area (TPSA) is 98.2 Å². The maximum atomic E-state index is 12.7. The molecule has 2 aromatic rings. The Labute approximate surface area is 194 Å². The molecular formula is C23H22BrN3O5. The number of benzene rings is 2. The van der Waals surface area contributed by atoms with Crippen molar-refractivity contribution in [1.29, 1.82) is 0 Å². The maximum absolute atomic E-state index is 12.7. The van der Waals surface area contributed by atoms with E-state index < -0.39 is 17.9 Å². The summed E-state index contributed by atoms with van der Waals surface area (Å²) < 4.78 is 16.9. The molecule has 3 rings (SSSR count). The highest BCUT2D eigenvalue weighted by Crippen LogP contribution is 2.32. The van der Waals surface area contributed by atoms with Crippen molar-refractivity contribution in [3.63, 3.8) is 0 Å². The Kier molecular flexibility index (Phi) is 7.73. The molecule has 0 bridgehead atoms. The average molecular weight is 500 g/mol. The van der Waals surface area contributed by atoms with Gasteiger partial charge in [0.15, 0.2) is 11.5 Å². The van der Waals surface area contributed by atoms with E-state index in [2.05, 4.69) is 37.7 Å². The number of terminal acetylenes is 1. The molecule has 1 aliphatic rings. The lowest BCUT2D eigenvalue weighted by molar-refractivity contribution is -0.123. The largest absolute Gasteiger partial charge is 0.480 e. The average Bonchev–Trinajstić information content (AvgIpc) is 3.24. The Balaban J connectivity index is 1.66. The lowest BCUT2D eigenvalue weighted by Gasteiger charge is -2.20. The number of nitrogens with one attached hydrogen (secondary N) is 2. The summed E-state index contributed by atoms with van der Waals surface area (Å²) in [6.45, 7) is 3.88. The monoisotopic (exact) mass is 499 g/mol. The lowest BCUT2D eigenvalue weighted by Crippen LogP contribution is -2.48. The quantitative estimate of drug-likeness (QED) is 0.330. The van der Waals surface area contributed by atoms with Gasteiger partial charge in [-0.2, -0.15) is 5.10 Å². The van der Waals surface area contributed by atoms with Gasteiger partial charge < -0.3 is 19.5 Å². The van der Waals surface area contributed by atoms with Crippen LogP contribution < -0.4 is 25.0 Å². The van der Waals surface area contributed by atoms with Crippen LogP contribution in [0.15, 0.2) is 46.0 Å². The molecule has 0 aromatic heterocycles. The standard InChI is InChI=1S/C23H22BrN3O5/c1-4-9-30-18-8-6-17(24)10-16(18)12-25-27-23(29)21(14(2)3)26-22(28)15-5-7-19-20(11-15)32-13-31-19/h1,5-8,10-12,14,21H,9,13H2,2-3H3,(H,26,28)(H,27,29)/b25-12+. The molecule has 1 aliphatic heterocycles. The van der Waals surface area contributed by atoms with Gasteiger partial charge >= 0.3 is 0 Å². The second kappa shape index (κ2) is 10.7. The summed E-state index contributed by atoms with van der Waals surface area (Å²) in [6, 6.07) is 9.38. The van der Waals surface area contributed by atoms with Crippen molar-refractivity contribution in [2.24, 2.45) is 11.0 Å². The minimum atomic E-state index is -0.801. The summed E-state index contributed by atoms with van der Waals surface area (Å²) in [4.78, 5) is 25.4. The van der Waals surface area contributed by atoms with Crippen LogP contribution >= 0.6 is 15.9 Å². The predicted molar refractivity (Wildman–Crippen MR) is 123 cm³/mol. The SMILES string of the molecule is C#CCOc1ccc(Br)cc1/C=N/NC(=O)C(NC(=O)c1ccc2c(c1)OCO2)C(C)C. The Hall–Kier alpha value is -3.51. The van der Waals surface area contributed by atoms with Gasteiger partial charge in [-0.25, -0.2) is 5.43 Å². The Morgan fingerprint density at radius 2 is 2.03 bits per heavy atom. The smallest absolute Gasteiger partial charge is 0.262 e. The van der Waals surface area contributed by atoms with Crippen LogP contribution in [0, 0.1) is 18.3 Å². The summed E-state index contributed by atoms with van der Waals surface area (Å²) in [5.41, 5.74) is 3.46. The third-order valence-electron chi connectivity index (χ3n) is 4.53. The van der Waals surface area contributed by atoms with Crippen LogP contribution in [0.5, 0.6) is 17.2 Å². The molecule has 8 nitrogen and oxygen atoms in total. The Morgan fingerprint density at radius 1 is 1.25 bits per heavy atom. The van der Waals surface area contributed by atoms with Crippen LogP contribution in [0.25, 0.3) is 0 Å². The molecule has 0 radical (unpaired) electrons. The van der Waals surface area contributed by atoms with Gasteiger partial charge in [0.05, 0.1) is 6.21 Å². The molecule has 2 amide bonds. The van der Waals surface area contributed by atoms with Crippen molar-refractivity contribution in [2.75, 3.05) is 13.4 Å². The zero-order valence-electron chi connectivity index (χ0n) is 17.6.